The fraction of sp³-hybridized carbons (Fsp3) is 0.742. The van der Waals surface area contributed by atoms with Gasteiger partial charge in [-0.15, -0.1) is 6.58 Å². The van der Waals surface area contributed by atoms with Crippen LogP contribution in [-0.2, 0) is 5.41 Å². The highest BCUT2D eigenvalue weighted by atomic mass is 14.6. The monoisotopic (exact) mass is 418 g/mol. The highest BCUT2D eigenvalue weighted by molar-refractivity contribution is 5.31. The quantitative estimate of drug-likeness (QED) is 0.291. The Kier molecular flexibility index (Phi) is 6.92. The SMILES string of the molecule is C=CCCCC[C@](c1ccccc1)(C1CCCC1)C1C2CCCCC2C2CCCCC21. The molecule has 0 bridgehead atoms. The zero-order valence-corrected chi connectivity index (χ0v) is 19.9. The zero-order chi connectivity index (χ0) is 21.1. The third-order valence-electron chi connectivity index (χ3n) is 10.5. The largest absolute Gasteiger partial charge is 0.103 e. The van der Waals surface area contributed by atoms with Gasteiger partial charge in [-0.1, -0.05) is 81.4 Å². The second kappa shape index (κ2) is 9.84. The average molecular weight is 419 g/mol. The van der Waals surface area contributed by atoms with Crippen LogP contribution < -0.4 is 0 Å². The van der Waals surface area contributed by atoms with Crippen molar-refractivity contribution in [3.05, 3.63) is 48.6 Å². The summed E-state index contributed by atoms with van der Waals surface area (Å²) < 4.78 is 0. The minimum Gasteiger partial charge on any atom is -0.103 e. The van der Waals surface area contributed by atoms with E-state index in [1.165, 1.54) is 89.9 Å². The van der Waals surface area contributed by atoms with Crippen LogP contribution in [0.25, 0.3) is 0 Å². The first-order valence-corrected chi connectivity index (χ1v) is 14.0. The molecule has 1 aromatic rings. The molecule has 0 aromatic heterocycles. The predicted octanol–water partition coefficient (Wildman–Crippen LogP) is 9.10. The van der Waals surface area contributed by atoms with Crippen molar-refractivity contribution in [2.45, 2.75) is 108 Å². The number of hydrogen-bond acceptors (Lipinski definition) is 0. The molecule has 0 N–H and O–H groups in total. The predicted molar refractivity (Wildman–Crippen MR) is 133 cm³/mol. The van der Waals surface area contributed by atoms with E-state index < -0.39 is 0 Å². The Morgan fingerprint density at radius 3 is 1.84 bits per heavy atom. The Labute approximate surface area is 192 Å². The van der Waals surface area contributed by atoms with E-state index in [9.17, 15) is 0 Å². The molecule has 4 unspecified atom stereocenters. The van der Waals surface area contributed by atoms with Gasteiger partial charge >= 0.3 is 0 Å². The van der Waals surface area contributed by atoms with Gasteiger partial charge in [-0.05, 0) is 98.9 Å². The van der Waals surface area contributed by atoms with E-state index in [0.717, 1.165) is 35.5 Å². The highest BCUT2D eigenvalue weighted by Gasteiger charge is 2.60. The number of fused-ring (bicyclic) bond motifs is 3. The highest BCUT2D eigenvalue weighted by Crippen LogP contribution is 2.66. The second-order valence-electron chi connectivity index (χ2n) is 11.7. The van der Waals surface area contributed by atoms with Crippen molar-refractivity contribution in [3.8, 4) is 0 Å². The molecule has 0 radical (unpaired) electrons. The molecule has 4 aliphatic rings. The van der Waals surface area contributed by atoms with Crippen molar-refractivity contribution in [2.24, 2.45) is 35.5 Å². The number of rotatable bonds is 8. The van der Waals surface area contributed by atoms with Gasteiger partial charge in [-0.3, -0.25) is 0 Å². The summed E-state index contributed by atoms with van der Waals surface area (Å²) in [6, 6.07) is 12.1. The normalized spacial score (nSPS) is 35.3. The lowest BCUT2D eigenvalue weighted by Gasteiger charge is -2.51. The average Bonchev–Trinajstić information content (AvgIpc) is 3.48. The van der Waals surface area contributed by atoms with Crippen molar-refractivity contribution in [1.82, 2.24) is 0 Å². The lowest BCUT2D eigenvalue weighted by atomic mass is 9.53. The number of unbranched alkanes of at least 4 members (excludes halogenated alkanes) is 2. The van der Waals surface area contributed by atoms with Crippen LogP contribution in [0.2, 0.25) is 0 Å². The van der Waals surface area contributed by atoms with E-state index in [-0.39, 0.29) is 0 Å². The van der Waals surface area contributed by atoms with Crippen molar-refractivity contribution in [2.75, 3.05) is 0 Å². The Balaban J connectivity index is 1.60. The Morgan fingerprint density at radius 1 is 0.710 bits per heavy atom. The summed E-state index contributed by atoms with van der Waals surface area (Å²) in [5.41, 5.74) is 2.18. The van der Waals surface area contributed by atoms with E-state index in [1.807, 2.05) is 0 Å². The van der Waals surface area contributed by atoms with Crippen molar-refractivity contribution in [1.29, 1.82) is 0 Å². The fourth-order valence-electron chi connectivity index (χ4n) is 9.52. The molecule has 0 nitrogen and oxygen atoms in total. The molecule has 0 spiro atoms. The van der Waals surface area contributed by atoms with Crippen LogP contribution in [0.4, 0.5) is 0 Å². The molecule has 0 saturated heterocycles. The summed E-state index contributed by atoms with van der Waals surface area (Å²) in [6.45, 7) is 4.02. The van der Waals surface area contributed by atoms with Gasteiger partial charge in [-0.25, -0.2) is 0 Å². The summed E-state index contributed by atoms with van der Waals surface area (Å²) in [7, 11) is 0. The first kappa shape index (κ1) is 21.8. The van der Waals surface area contributed by atoms with Gasteiger partial charge in [0.2, 0.25) is 0 Å². The van der Waals surface area contributed by atoms with Crippen molar-refractivity contribution in [3.63, 3.8) is 0 Å². The van der Waals surface area contributed by atoms with Gasteiger partial charge in [0.1, 0.15) is 0 Å². The topological polar surface area (TPSA) is 0 Å². The van der Waals surface area contributed by atoms with Crippen LogP contribution >= 0.6 is 0 Å². The number of benzene rings is 1. The van der Waals surface area contributed by atoms with Gasteiger partial charge in [0.15, 0.2) is 0 Å². The maximum Gasteiger partial charge on any atom is 0.00149 e. The number of allylic oxidation sites excluding steroid dienone is 1. The molecule has 0 amide bonds. The van der Waals surface area contributed by atoms with Crippen LogP contribution in [0, 0.1) is 35.5 Å². The summed E-state index contributed by atoms with van der Waals surface area (Å²) in [5, 5.41) is 0. The molecule has 0 aliphatic heterocycles. The van der Waals surface area contributed by atoms with Crippen LogP contribution in [-0.4, -0.2) is 0 Å². The summed E-state index contributed by atoms with van der Waals surface area (Å²) >= 11 is 0. The third-order valence-corrected chi connectivity index (χ3v) is 10.5. The first-order valence-electron chi connectivity index (χ1n) is 14.0. The van der Waals surface area contributed by atoms with Gasteiger partial charge in [0.25, 0.3) is 0 Å². The molecule has 4 saturated carbocycles. The van der Waals surface area contributed by atoms with Crippen LogP contribution in [0.5, 0.6) is 0 Å². The molecule has 31 heavy (non-hydrogen) atoms. The number of hydrogen-bond donors (Lipinski definition) is 0. The van der Waals surface area contributed by atoms with Gasteiger partial charge in [0, 0.05) is 5.41 Å². The minimum atomic E-state index is 0.440. The van der Waals surface area contributed by atoms with Crippen molar-refractivity contribution < 1.29 is 0 Å². The molecule has 5 atom stereocenters. The van der Waals surface area contributed by atoms with E-state index in [0.29, 0.717) is 5.41 Å². The van der Waals surface area contributed by atoms with Crippen LogP contribution in [0.15, 0.2) is 43.0 Å². The first-order chi connectivity index (χ1) is 15.4. The van der Waals surface area contributed by atoms with E-state index in [1.54, 1.807) is 18.4 Å². The Hall–Kier alpha value is -1.04. The molecule has 4 fully saturated rings. The second-order valence-corrected chi connectivity index (χ2v) is 11.7. The summed E-state index contributed by atoms with van der Waals surface area (Å²) in [6.07, 6.45) is 25.6. The molecular formula is C31H46. The molecule has 4 aliphatic carbocycles. The minimum absolute atomic E-state index is 0.440. The standard InChI is InChI=1S/C31H46/c1-2-3-4-14-23-31(25-17-8-9-18-25,24-15-6-5-7-16-24)30-28-21-12-10-19-26(28)27-20-11-13-22-29(27)30/h2,5-7,15-16,25-30H,1,3-4,8-14,17-23H2/t26?,27?,28?,29?,30?,31-/m0/s1. The molecule has 1 aromatic carbocycles. The Bertz CT molecular complexity index is 676. The summed E-state index contributed by atoms with van der Waals surface area (Å²) in [4.78, 5) is 0. The van der Waals surface area contributed by atoms with Crippen LogP contribution in [0.1, 0.15) is 108 Å². The molecule has 0 heteroatoms. The van der Waals surface area contributed by atoms with E-state index in [4.69, 9.17) is 0 Å². The fourth-order valence-corrected chi connectivity index (χ4v) is 9.52. The third kappa shape index (κ3) is 3.95. The molecule has 170 valence electrons. The van der Waals surface area contributed by atoms with Crippen LogP contribution in [0.3, 0.4) is 0 Å². The van der Waals surface area contributed by atoms with Gasteiger partial charge < -0.3 is 0 Å². The summed E-state index contributed by atoms with van der Waals surface area (Å²) in [5.74, 6) is 6.02. The molecule has 0 heterocycles. The smallest absolute Gasteiger partial charge is 0.00149 e. The maximum absolute atomic E-state index is 4.02. The van der Waals surface area contributed by atoms with E-state index >= 15 is 0 Å². The van der Waals surface area contributed by atoms with Gasteiger partial charge in [-0.2, -0.15) is 0 Å². The Morgan fingerprint density at radius 2 is 1.26 bits per heavy atom. The molecule has 5 rings (SSSR count). The molecular weight excluding hydrogens is 372 g/mol. The zero-order valence-electron chi connectivity index (χ0n) is 19.9. The maximum atomic E-state index is 4.02. The lowest BCUT2D eigenvalue weighted by Crippen LogP contribution is -2.47. The lowest BCUT2D eigenvalue weighted by molar-refractivity contribution is 0.0575. The van der Waals surface area contributed by atoms with E-state index in [2.05, 4.69) is 43.0 Å². The van der Waals surface area contributed by atoms with Gasteiger partial charge in [0.05, 0.1) is 0 Å². The van der Waals surface area contributed by atoms with Crippen molar-refractivity contribution >= 4 is 0 Å².